The van der Waals surface area contributed by atoms with Crippen molar-refractivity contribution >= 4 is 0 Å². The smallest absolute Gasteiger partial charge is 0.127 e. The van der Waals surface area contributed by atoms with Gasteiger partial charge in [0.2, 0.25) is 0 Å². The standard InChI is InChI=1S/C13H18F2N2/c1-9-4-10(6-16)7-17(9)8-11-5-12(14)2-3-13(11)15/h2-3,5,9-10H,4,6-8,16H2,1H3. The van der Waals surface area contributed by atoms with Gasteiger partial charge in [0.05, 0.1) is 0 Å². The summed E-state index contributed by atoms with van der Waals surface area (Å²) in [5.41, 5.74) is 6.07. The second kappa shape index (κ2) is 5.10. The van der Waals surface area contributed by atoms with Gasteiger partial charge >= 0.3 is 0 Å². The predicted octanol–water partition coefficient (Wildman–Crippen LogP) is 2.13. The van der Waals surface area contributed by atoms with Gasteiger partial charge in [-0.1, -0.05) is 0 Å². The summed E-state index contributed by atoms with van der Waals surface area (Å²) >= 11 is 0. The van der Waals surface area contributed by atoms with E-state index in [1.165, 1.54) is 12.1 Å². The summed E-state index contributed by atoms with van der Waals surface area (Å²) in [5.74, 6) is -0.250. The first-order chi connectivity index (χ1) is 8.10. The molecule has 0 amide bonds. The Bertz CT molecular complexity index is 395. The summed E-state index contributed by atoms with van der Waals surface area (Å²) in [5, 5.41) is 0. The van der Waals surface area contributed by atoms with Crippen molar-refractivity contribution in [2.24, 2.45) is 11.7 Å². The van der Waals surface area contributed by atoms with Gasteiger partial charge < -0.3 is 5.73 Å². The van der Waals surface area contributed by atoms with E-state index < -0.39 is 0 Å². The molecular formula is C13H18F2N2. The fraction of sp³-hybridized carbons (Fsp3) is 0.538. The van der Waals surface area contributed by atoms with E-state index in [0.29, 0.717) is 30.6 Å². The third-order valence-corrected chi connectivity index (χ3v) is 3.51. The third-order valence-electron chi connectivity index (χ3n) is 3.51. The highest BCUT2D eigenvalue weighted by Crippen LogP contribution is 2.25. The molecule has 1 fully saturated rings. The highest BCUT2D eigenvalue weighted by Gasteiger charge is 2.28. The summed E-state index contributed by atoms with van der Waals surface area (Å²) in [7, 11) is 0. The van der Waals surface area contributed by atoms with Crippen LogP contribution >= 0.6 is 0 Å². The summed E-state index contributed by atoms with van der Waals surface area (Å²) < 4.78 is 26.6. The minimum absolute atomic E-state index is 0.338. The van der Waals surface area contributed by atoms with E-state index in [4.69, 9.17) is 5.73 Å². The number of hydrogen-bond donors (Lipinski definition) is 1. The molecule has 0 aromatic heterocycles. The van der Waals surface area contributed by atoms with E-state index in [0.717, 1.165) is 19.0 Å². The van der Waals surface area contributed by atoms with Gasteiger partial charge in [-0.15, -0.1) is 0 Å². The highest BCUT2D eigenvalue weighted by molar-refractivity contribution is 5.19. The Kier molecular flexibility index (Phi) is 3.74. The Labute approximate surface area is 100 Å². The zero-order chi connectivity index (χ0) is 12.4. The monoisotopic (exact) mass is 240 g/mol. The van der Waals surface area contributed by atoms with Gasteiger partial charge in [-0.3, -0.25) is 4.90 Å². The van der Waals surface area contributed by atoms with Crippen LogP contribution in [0.4, 0.5) is 8.78 Å². The van der Waals surface area contributed by atoms with E-state index in [2.05, 4.69) is 11.8 Å². The maximum Gasteiger partial charge on any atom is 0.127 e. The van der Waals surface area contributed by atoms with Crippen LogP contribution in [-0.2, 0) is 6.54 Å². The van der Waals surface area contributed by atoms with Gasteiger partial charge in [0.1, 0.15) is 11.6 Å². The van der Waals surface area contributed by atoms with Crippen molar-refractivity contribution in [1.82, 2.24) is 4.90 Å². The van der Waals surface area contributed by atoms with Crippen molar-refractivity contribution in [1.29, 1.82) is 0 Å². The first-order valence-corrected chi connectivity index (χ1v) is 5.98. The number of nitrogens with zero attached hydrogens (tertiary/aromatic N) is 1. The van der Waals surface area contributed by atoms with Crippen LogP contribution in [-0.4, -0.2) is 24.0 Å². The lowest BCUT2D eigenvalue weighted by molar-refractivity contribution is 0.252. The second-order valence-corrected chi connectivity index (χ2v) is 4.85. The molecule has 0 spiro atoms. The van der Waals surface area contributed by atoms with Crippen molar-refractivity contribution < 1.29 is 8.78 Å². The van der Waals surface area contributed by atoms with E-state index >= 15 is 0 Å². The summed E-state index contributed by atoms with van der Waals surface area (Å²) in [4.78, 5) is 2.16. The summed E-state index contributed by atoms with van der Waals surface area (Å²) in [6, 6.07) is 3.99. The third kappa shape index (κ3) is 2.82. The normalized spacial score (nSPS) is 25.4. The van der Waals surface area contributed by atoms with Crippen molar-refractivity contribution in [3.63, 3.8) is 0 Å². The Morgan fingerprint density at radius 3 is 2.82 bits per heavy atom. The Hall–Kier alpha value is -1.00. The molecule has 94 valence electrons. The molecule has 1 heterocycles. The average Bonchev–Trinajstić information content (AvgIpc) is 2.65. The van der Waals surface area contributed by atoms with Gasteiger partial charge in [-0.05, 0) is 44.0 Å². The largest absolute Gasteiger partial charge is 0.330 e. The summed E-state index contributed by atoms with van der Waals surface area (Å²) in [6.45, 7) is 4.09. The SMILES string of the molecule is CC1CC(CN)CN1Cc1cc(F)ccc1F. The van der Waals surface area contributed by atoms with Crippen LogP contribution < -0.4 is 5.73 Å². The maximum absolute atomic E-state index is 13.5. The van der Waals surface area contributed by atoms with Crippen molar-refractivity contribution in [2.75, 3.05) is 13.1 Å². The topological polar surface area (TPSA) is 29.3 Å². The van der Waals surface area contributed by atoms with Crippen LogP contribution in [0.5, 0.6) is 0 Å². The van der Waals surface area contributed by atoms with E-state index in [9.17, 15) is 8.78 Å². The van der Waals surface area contributed by atoms with Gasteiger partial charge in [-0.25, -0.2) is 8.78 Å². The maximum atomic E-state index is 13.5. The number of likely N-dealkylation sites (tertiary alicyclic amines) is 1. The molecule has 0 radical (unpaired) electrons. The molecule has 2 rings (SSSR count). The number of benzene rings is 1. The van der Waals surface area contributed by atoms with Gasteiger partial charge in [0.15, 0.2) is 0 Å². The minimum atomic E-state index is -0.386. The van der Waals surface area contributed by atoms with Crippen molar-refractivity contribution in [2.45, 2.75) is 25.9 Å². The molecule has 17 heavy (non-hydrogen) atoms. The number of hydrogen-bond acceptors (Lipinski definition) is 2. The lowest BCUT2D eigenvalue weighted by Gasteiger charge is -2.21. The molecule has 1 aliphatic rings. The van der Waals surface area contributed by atoms with Gasteiger partial charge in [-0.2, -0.15) is 0 Å². The number of rotatable bonds is 3. The molecule has 2 N–H and O–H groups in total. The molecule has 1 aliphatic heterocycles. The second-order valence-electron chi connectivity index (χ2n) is 4.85. The first kappa shape index (κ1) is 12.5. The zero-order valence-electron chi connectivity index (χ0n) is 10.00. The first-order valence-electron chi connectivity index (χ1n) is 5.98. The molecule has 2 nitrogen and oxygen atoms in total. The van der Waals surface area contributed by atoms with Crippen LogP contribution in [0.2, 0.25) is 0 Å². The molecular weight excluding hydrogens is 222 g/mol. The van der Waals surface area contributed by atoms with E-state index in [1.807, 2.05) is 0 Å². The Morgan fingerprint density at radius 1 is 1.41 bits per heavy atom. The average molecular weight is 240 g/mol. The molecule has 1 aromatic rings. The zero-order valence-corrected chi connectivity index (χ0v) is 10.00. The van der Waals surface area contributed by atoms with Crippen LogP contribution in [0.1, 0.15) is 18.9 Å². The Morgan fingerprint density at radius 2 is 2.18 bits per heavy atom. The highest BCUT2D eigenvalue weighted by atomic mass is 19.1. The Balaban J connectivity index is 2.08. The fourth-order valence-electron chi connectivity index (χ4n) is 2.49. The molecule has 1 aromatic carbocycles. The van der Waals surface area contributed by atoms with Gasteiger partial charge in [0, 0.05) is 24.7 Å². The van der Waals surface area contributed by atoms with Gasteiger partial charge in [0.25, 0.3) is 0 Å². The summed E-state index contributed by atoms with van der Waals surface area (Å²) in [6.07, 6.45) is 1.04. The molecule has 2 atom stereocenters. The van der Waals surface area contributed by atoms with Crippen LogP contribution in [0.3, 0.4) is 0 Å². The molecule has 1 saturated heterocycles. The number of nitrogens with two attached hydrogens (primary N) is 1. The fourth-order valence-corrected chi connectivity index (χ4v) is 2.49. The molecule has 0 bridgehead atoms. The number of halogens is 2. The predicted molar refractivity (Wildman–Crippen MR) is 63.4 cm³/mol. The van der Waals surface area contributed by atoms with Crippen LogP contribution in [0.15, 0.2) is 18.2 Å². The van der Waals surface area contributed by atoms with Crippen molar-refractivity contribution in [3.8, 4) is 0 Å². The lowest BCUT2D eigenvalue weighted by atomic mass is 10.1. The molecule has 2 unspecified atom stereocenters. The lowest BCUT2D eigenvalue weighted by Crippen LogP contribution is -2.27. The molecule has 0 aliphatic carbocycles. The molecule has 0 saturated carbocycles. The minimum Gasteiger partial charge on any atom is -0.330 e. The molecule has 4 heteroatoms. The van der Waals surface area contributed by atoms with E-state index in [1.54, 1.807) is 0 Å². The van der Waals surface area contributed by atoms with Crippen molar-refractivity contribution in [3.05, 3.63) is 35.4 Å². The quantitative estimate of drug-likeness (QED) is 0.877. The van der Waals surface area contributed by atoms with Crippen LogP contribution in [0, 0.1) is 17.6 Å². The van der Waals surface area contributed by atoms with E-state index in [-0.39, 0.29) is 11.6 Å². The van der Waals surface area contributed by atoms with Crippen LogP contribution in [0.25, 0.3) is 0 Å².